The Balaban J connectivity index is 2.28. The summed E-state index contributed by atoms with van der Waals surface area (Å²) in [7, 11) is 0. The molecule has 4 heteroatoms. The van der Waals surface area contributed by atoms with Crippen molar-refractivity contribution >= 4 is 11.6 Å². The lowest BCUT2D eigenvalue weighted by Crippen LogP contribution is -1.99. The van der Waals surface area contributed by atoms with Crippen molar-refractivity contribution in [2.75, 3.05) is 6.54 Å². The Morgan fingerprint density at radius 2 is 2.08 bits per heavy atom. The van der Waals surface area contributed by atoms with Gasteiger partial charge in [-0.1, -0.05) is 18.0 Å². The molecule has 0 unspecified atom stereocenters. The first kappa shape index (κ1) is 10.4. The fraction of sp³-hybridized carbons (Fsp3) is 0.556. The number of rotatable bonds is 5. The highest BCUT2D eigenvalue weighted by molar-refractivity contribution is 6.29. The van der Waals surface area contributed by atoms with E-state index in [0.29, 0.717) is 5.15 Å². The van der Waals surface area contributed by atoms with E-state index in [1.807, 2.05) is 0 Å². The monoisotopic (exact) mass is 199 g/mol. The maximum Gasteiger partial charge on any atom is 0.147 e. The summed E-state index contributed by atoms with van der Waals surface area (Å²) in [4.78, 5) is 8.11. The second-order valence-corrected chi connectivity index (χ2v) is 3.32. The third kappa shape index (κ3) is 4.20. The van der Waals surface area contributed by atoms with Crippen molar-refractivity contribution in [1.29, 1.82) is 0 Å². The Labute approximate surface area is 83.3 Å². The topological polar surface area (TPSA) is 51.8 Å². The molecule has 1 rings (SSSR count). The van der Waals surface area contributed by atoms with Crippen LogP contribution in [-0.4, -0.2) is 16.5 Å². The van der Waals surface area contributed by atoms with Gasteiger partial charge in [0.25, 0.3) is 0 Å². The van der Waals surface area contributed by atoms with Crippen LogP contribution in [0.1, 0.15) is 25.0 Å². The molecular formula is C9H14ClN3. The van der Waals surface area contributed by atoms with Crippen LogP contribution in [0.4, 0.5) is 0 Å². The molecule has 3 nitrogen and oxygen atoms in total. The number of unbranched alkanes of at least 4 members (excludes halogenated alkanes) is 2. The van der Waals surface area contributed by atoms with Gasteiger partial charge >= 0.3 is 0 Å². The molecule has 1 heterocycles. The van der Waals surface area contributed by atoms with Crippen molar-refractivity contribution in [2.24, 2.45) is 5.73 Å². The summed E-state index contributed by atoms with van der Waals surface area (Å²) in [6.45, 7) is 0.765. The molecule has 0 saturated heterocycles. The second-order valence-electron chi connectivity index (χ2n) is 2.93. The average Bonchev–Trinajstić information content (AvgIpc) is 2.13. The van der Waals surface area contributed by atoms with Gasteiger partial charge in [-0.05, 0) is 25.8 Å². The maximum absolute atomic E-state index is 5.69. The summed E-state index contributed by atoms with van der Waals surface area (Å²) < 4.78 is 0. The molecule has 0 spiro atoms. The first-order chi connectivity index (χ1) is 6.33. The zero-order chi connectivity index (χ0) is 9.52. The van der Waals surface area contributed by atoms with Crippen LogP contribution in [0.5, 0.6) is 0 Å². The molecule has 13 heavy (non-hydrogen) atoms. The summed E-state index contributed by atoms with van der Waals surface area (Å²) in [5.74, 6) is 0. The molecule has 0 amide bonds. The van der Waals surface area contributed by atoms with Gasteiger partial charge in [0.2, 0.25) is 0 Å². The van der Waals surface area contributed by atoms with Crippen molar-refractivity contribution in [3.8, 4) is 0 Å². The first-order valence-corrected chi connectivity index (χ1v) is 4.87. The number of nitrogens with zero attached hydrogens (tertiary/aromatic N) is 2. The smallest absolute Gasteiger partial charge is 0.147 e. The predicted molar refractivity (Wildman–Crippen MR) is 53.7 cm³/mol. The summed E-state index contributed by atoms with van der Waals surface area (Å²) in [6, 6.07) is 0. The normalized spacial score (nSPS) is 10.3. The Bertz CT molecular complexity index is 252. The third-order valence-electron chi connectivity index (χ3n) is 1.79. The number of halogens is 1. The first-order valence-electron chi connectivity index (χ1n) is 4.49. The molecule has 0 saturated carbocycles. The van der Waals surface area contributed by atoms with Crippen LogP contribution >= 0.6 is 11.6 Å². The van der Waals surface area contributed by atoms with Crippen molar-refractivity contribution in [2.45, 2.75) is 25.7 Å². The van der Waals surface area contributed by atoms with Gasteiger partial charge in [0, 0.05) is 6.20 Å². The maximum atomic E-state index is 5.69. The van der Waals surface area contributed by atoms with E-state index in [1.54, 1.807) is 12.4 Å². The summed E-state index contributed by atoms with van der Waals surface area (Å²) >= 11 is 5.69. The number of nitrogens with two attached hydrogens (primary N) is 1. The molecule has 0 radical (unpaired) electrons. The van der Waals surface area contributed by atoms with Gasteiger partial charge in [0.05, 0.1) is 11.9 Å². The Morgan fingerprint density at radius 1 is 1.23 bits per heavy atom. The van der Waals surface area contributed by atoms with Gasteiger partial charge in [-0.3, -0.25) is 4.98 Å². The van der Waals surface area contributed by atoms with E-state index in [-0.39, 0.29) is 0 Å². The number of hydrogen-bond donors (Lipinski definition) is 1. The molecule has 1 aromatic rings. The highest BCUT2D eigenvalue weighted by Gasteiger charge is 1.96. The minimum absolute atomic E-state index is 0.469. The standard InChI is InChI=1S/C9H14ClN3/c10-9-7-12-6-8(13-9)4-2-1-3-5-11/h6-7H,1-5,11H2. The van der Waals surface area contributed by atoms with Gasteiger partial charge in [0.15, 0.2) is 0 Å². The van der Waals surface area contributed by atoms with Gasteiger partial charge in [-0.15, -0.1) is 0 Å². The SMILES string of the molecule is NCCCCCc1cncc(Cl)n1. The molecule has 2 N–H and O–H groups in total. The molecular weight excluding hydrogens is 186 g/mol. The van der Waals surface area contributed by atoms with Gasteiger partial charge in [0.1, 0.15) is 5.15 Å². The van der Waals surface area contributed by atoms with Gasteiger partial charge in [-0.2, -0.15) is 0 Å². The molecule has 1 aromatic heterocycles. The minimum Gasteiger partial charge on any atom is -0.330 e. The number of aryl methyl sites for hydroxylation is 1. The fourth-order valence-electron chi connectivity index (χ4n) is 1.13. The molecule has 0 aromatic carbocycles. The zero-order valence-electron chi connectivity index (χ0n) is 7.54. The highest BCUT2D eigenvalue weighted by Crippen LogP contribution is 2.06. The molecule has 0 aliphatic rings. The molecule has 0 atom stereocenters. The Kier molecular flexibility index (Phi) is 4.72. The number of hydrogen-bond acceptors (Lipinski definition) is 3. The van der Waals surface area contributed by atoms with Crippen LogP contribution in [0, 0.1) is 0 Å². The van der Waals surface area contributed by atoms with Gasteiger partial charge in [-0.25, -0.2) is 4.98 Å². The zero-order valence-corrected chi connectivity index (χ0v) is 8.30. The van der Waals surface area contributed by atoms with Crippen molar-refractivity contribution in [3.63, 3.8) is 0 Å². The molecule has 0 aliphatic carbocycles. The molecule has 0 aliphatic heterocycles. The van der Waals surface area contributed by atoms with Crippen molar-refractivity contribution < 1.29 is 0 Å². The molecule has 0 fully saturated rings. The van der Waals surface area contributed by atoms with E-state index in [9.17, 15) is 0 Å². The lowest BCUT2D eigenvalue weighted by Gasteiger charge is -1.99. The van der Waals surface area contributed by atoms with E-state index in [1.165, 1.54) is 0 Å². The fourth-order valence-corrected chi connectivity index (χ4v) is 1.29. The van der Waals surface area contributed by atoms with E-state index in [2.05, 4.69) is 9.97 Å². The number of aromatic nitrogens is 2. The Morgan fingerprint density at radius 3 is 2.77 bits per heavy atom. The predicted octanol–water partition coefficient (Wildman–Crippen LogP) is 1.80. The van der Waals surface area contributed by atoms with E-state index in [4.69, 9.17) is 17.3 Å². The van der Waals surface area contributed by atoms with Crippen LogP contribution in [-0.2, 0) is 6.42 Å². The van der Waals surface area contributed by atoms with E-state index in [0.717, 1.165) is 37.9 Å². The van der Waals surface area contributed by atoms with Gasteiger partial charge < -0.3 is 5.73 Å². The second kappa shape index (κ2) is 5.89. The lowest BCUT2D eigenvalue weighted by atomic mass is 10.1. The van der Waals surface area contributed by atoms with E-state index < -0.39 is 0 Å². The summed E-state index contributed by atoms with van der Waals surface area (Å²) in [5, 5.41) is 0.469. The summed E-state index contributed by atoms with van der Waals surface area (Å²) in [5.41, 5.74) is 6.35. The lowest BCUT2D eigenvalue weighted by molar-refractivity contribution is 0.677. The average molecular weight is 200 g/mol. The van der Waals surface area contributed by atoms with Crippen LogP contribution in [0.3, 0.4) is 0 Å². The minimum atomic E-state index is 0.469. The van der Waals surface area contributed by atoms with Crippen molar-refractivity contribution in [3.05, 3.63) is 23.2 Å². The van der Waals surface area contributed by atoms with Crippen molar-refractivity contribution in [1.82, 2.24) is 9.97 Å². The largest absolute Gasteiger partial charge is 0.330 e. The Hall–Kier alpha value is -0.670. The summed E-state index contributed by atoms with van der Waals surface area (Å²) in [6.07, 6.45) is 7.57. The van der Waals surface area contributed by atoms with E-state index >= 15 is 0 Å². The highest BCUT2D eigenvalue weighted by atomic mass is 35.5. The molecule has 0 bridgehead atoms. The van der Waals surface area contributed by atoms with Crippen LogP contribution < -0.4 is 5.73 Å². The third-order valence-corrected chi connectivity index (χ3v) is 1.97. The quantitative estimate of drug-likeness (QED) is 0.736. The van der Waals surface area contributed by atoms with Crippen LogP contribution in [0.25, 0.3) is 0 Å². The molecule has 72 valence electrons. The van der Waals surface area contributed by atoms with Crippen LogP contribution in [0.2, 0.25) is 5.15 Å². The van der Waals surface area contributed by atoms with Crippen LogP contribution in [0.15, 0.2) is 12.4 Å².